The molecular weight excluding hydrogens is 370 g/mol. The van der Waals surface area contributed by atoms with Gasteiger partial charge >= 0.3 is 6.09 Å². The summed E-state index contributed by atoms with van der Waals surface area (Å²) < 4.78 is 7.63. The topological polar surface area (TPSA) is 31.2 Å². The number of carbonyl (C=O) groups excluding carboxylic acids is 1. The summed E-state index contributed by atoms with van der Waals surface area (Å²) in [6, 6.07) is 6.53. The van der Waals surface area contributed by atoms with Gasteiger partial charge in [0, 0.05) is 16.6 Å². The van der Waals surface area contributed by atoms with Crippen molar-refractivity contribution >= 4 is 23.1 Å². The van der Waals surface area contributed by atoms with Gasteiger partial charge < -0.3 is 4.74 Å². The second-order valence-corrected chi connectivity index (χ2v) is 11.6. The van der Waals surface area contributed by atoms with Crippen molar-refractivity contribution in [3.8, 4) is 0 Å². The Balaban J connectivity index is 2.77. The zero-order chi connectivity index (χ0) is 22.9. The first-order chi connectivity index (χ1) is 13.6. The van der Waals surface area contributed by atoms with E-state index in [9.17, 15) is 4.79 Å². The van der Waals surface area contributed by atoms with E-state index in [1.807, 2.05) is 25.3 Å². The summed E-state index contributed by atoms with van der Waals surface area (Å²) in [5, 5.41) is 1.11. The van der Waals surface area contributed by atoms with E-state index in [1.165, 1.54) is 5.56 Å². The van der Waals surface area contributed by atoms with Crippen LogP contribution in [0.5, 0.6) is 0 Å². The van der Waals surface area contributed by atoms with E-state index in [0.717, 1.165) is 41.4 Å². The molecule has 30 heavy (non-hydrogen) atoms. The summed E-state index contributed by atoms with van der Waals surface area (Å²) in [7, 11) is 0. The molecule has 2 aromatic rings. The van der Waals surface area contributed by atoms with E-state index in [2.05, 4.69) is 78.8 Å². The fraction of sp³-hybridized carbons (Fsp3) is 0.593. The van der Waals surface area contributed by atoms with Crippen molar-refractivity contribution in [2.24, 2.45) is 5.41 Å². The van der Waals surface area contributed by atoms with Crippen molar-refractivity contribution in [3.63, 3.8) is 0 Å². The van der Waals surface area contributed by atoms with Crippen LogP contribution in [0.1, 0.15) is 98.9 Å². The Kier molecular flexibility index (Phi) is 6.96. The van der Waals surface area contributed by atoms with Crippen molar-refractivity contribution in [2.75, 3.05) is 0 Å². The highest BCUT2D eigenvalue weighted by Gasteiger charge is 2.26. The number of allylic oxidation sites excluding steroid dienone is 1. The summed E-state index contributed by atoms with van der Waals surface area (Å²) in [6.45, 7) is 21.2. The number of hydrogen-bond donors (Lipinski definition) is 0. The summed E-state index contributed by atoms with van der Waals surface area (Å²) in [5.41, 5.74) is 4.02. The van der Waals surface area contributed by atoms with Crippen LogP contribution in [0.25, 0.3) is 17.0 Å². The number of carbonyl (C=O) groups is 1. The summed E-state index contributed by atoms with van der Waals surface area (Å²) in [4.78, 5) is 13.3. The van der Waals surface area contributed by atoms with Gasteiger partial charge in [0.1, 0.15) is 5.60 Å². The molecule has 0 N–H and O–H groups in total. The van der Waals surface area contributed by atoms with Gasteiger partial charge in [0.15, 0.2) is 0 Å². The molecule has 3 nitrogen and oxygen atoms in total. The molecule has 0 aliphatic heterocycles. The predicted molar refractivity (Wildman–Crippen MR) is 129 cm³/mol. The van der Waals surface area contributed by atoms with Gasteiger partial charge in [-0.1, -0.05) is 79.2 Å². The van der Waals surface area contributed by atoms with Crippen LogP contribution in [0.15, 0.2) is 24.3 Å². The zero-order valence-electron chi connectivity index (χ0n) is 20.8. The van der Waals surface area contributed by atoms with Crippen LogP contribution in [0.2, 0.25) is 0 Å². The highest BCUT2D eigenvalue weighted by Crippen LogP contribution is 2.34. The minimum absolute atomic E-state index is 0.00434. The Morgan fingerprint density at radius 3 is 2.17 bits per heavy atom. The van der Waals surface area contributed by atoms with Gasteiger partial charge in [-0.15, -0.1) is 0 Å². The molecule has 3 heteroatoms. The molecule has 0 saturated heterocycles. The number of fused-ring (bicyclic) bond motifs is 1. The monoisotopic (exact) mass is 411 g/mol. The molecule has 0 fully saturated rings. The van der Waals surface area contributed by atoms with Crippen molar-refractivity contribution in [2.45, 2.75) is 99.5 Å². The molecule has 1 heterocycles. The number of rotatable bonds is 4. The SMILES string of the molecule is CCCc1c(/C=C\CC(C)(C)C)c2ccc(C(C)(C)C)cc2n1C(=O)OC(C)(C)C. The van der Waals surface area contributed by atoms with Crippen LogP contribution >= 0.6 is 0 Å². The van der Waals surface area contributed by atoms with Gasteiger partial charge in [0.25, 0.3) is 0 Å². The van der Waals surface area contributed by atoms with Gasteiger partial charge in [-0.2, -0.15) is 0 Å². The Morgan fingerprint density at radius 1 is 1.03 bits per heavy atom. The Morgan fingerprint density at radius 2 is 1.67 bits per heavy atom. The molecule has 0 saturated carbocycles. The minimum atomic E-state index is -0.541. The van der Waals surface area contributed by atoms with E-state index in [-0.39, 0.29) is 16.9 Å². The lowest BCUT2D eigenvalue weighted by Crippen LogP contribution is -2.28. The Labute approximate surface area is 183 Å². The molecule has 1 aromatic carbocycles. The molecule has 0 spiro atoms. The van der Waals surface area contributed by atoms with Crippen LogP contribution in [-0.4, -0.2) is 16.3 Å². The molecule has 0 aliphatic carbocycles. The maximum Gasteiger partial charge on any atom is 0.419 e. The maximum atomic E-state index is 13.3. The highest BCUT2D eigenvalue weighted by molar-refractivity contribution is 5.98. The van der Waals surface area contributed by atoms with Crippen LogP contribution < -0.4 is 0 Å². The summed E-state index contributed by atoms with van der Waals surface area (Å²) >= 11 is 0. The summed E-state index contributed by atoms with van der Waals surface area (Å²) in [6.07, 6.45) is 6.93. The molecule has 0 radical (unpaired) electrons. The molecule has 2 rings (SSSR count). The lowest BCUT2D eigenvalue weighted by Gasteiger charge is -2.22. The quantitative estimate of drug-likeness (QED) is 0.508. The number of aromatic nitrogens is 1. The lowest BCUT2D eigenvalue weighted by atomic mass is 9.86. The molecule has 0 aliphatic rings. The van der Waals surface area contributed by atoms with Crippen molar-refractivity contribution in [3.05, 3.63) is 41.1 Å². The number of ether oxygens (including phenoxy) is 1. The normalized spacial score (nSPS) is 13.4. The van der Waals surface area contributed by atoms with Crippen molar-refractivity contribution < 1.29 is 9.53 Å². The van der Waals surface area contributed by atoms with E-state index in [1.54, 1.807) is 0 Å². The molecule has 0 bridgehead atoms. The second-order valence-electron chi connectivity index (χ2n) is 11.6. The third-order valence-corrected chi connectivity index (χ3v) is 5.05. The van der Waals surface area contributed by atoms with E-state index < -0.39 is 5.60 Å². The average Bonchev–Trinajstić information content (AvgIpc) is 2.85. The number of benzene rings is 1. The van der Waals surface area contributed by atoms with E-state index in [4.69, 9.17) is 4.74 Å². The second kappa shape index (κ2) is 8.61. The molecule has 0 atom stereocenters. The van der Waals surface area contributed by atoms with Gasteiger partial charge in [-0.25, -0.2) is 9.36 Å². The Bertz CT molecular complexity index is 925. The zero-order valence-corrected chi connectivity index (χ0v) is 20.8. The third kappa shape index (κ3) is 6.00. The van der Waals surface area contributed by atoms with Gasteiger partial charge in [0.05, 0.1) is 5.52 Å². The van der Waals surface area contributed by atoms with E-state index >= 15 is 0 Å². The predicted octanol–water partition coefficient (Wildman–Crippen LogP) is 8.12. The fourth-order valence-electron chi connectivity index (χ4n) is 3.55. The van der Waals surface area contributed by atoms with Gasteiger partial charge in [-0.05, 0) is 56.1 Å². The fourth-order valence-corrected chi connectivity index (χ4v) is 3.55. The molecular formula is C27H41NO2. The van der Waals surface area contributed by atoms with Crippen LogP contribution in [-0.2, 0) is 16.6 Å². The van der Waals surface area contributed by atoms with Crippen LogP contribution in [0.3, 0.4) is 0 Å². The smallest absolute Gasteiger partial charge is 0.419 e. The minimum Gasteiger partial charge on any atom is -0.443 e. The average molecular weight is 412 g/mol. The first-order valence-electron chi connectivity index (χ1n) is 11.2. The number of hydrogen-bond acceptors (Lipinski definition) is 2. The van der Waals surface area contributed by atoms with Crippen molar-refractivity contribution in [1.82, 2.24) is 4.57 Å². The Hall–Kier alpha value is -2.03. The van der Waals surface area contributed by atoms with Gasteiger partial charge in [0.2, 0.25) is 0 Å². The van der Waals surface area contributed by atoms with Crippen molar-refractivity contribution in [1.29, 1.82) is 0 Å². The van der Waals surface area contributed by atoms with E-state index in [0.29, 0.717) is 0 Å². The molecule has 1 aromatic heterocycles. The summed E-state index contributed by atoms with van der Waals surface area (Å²) in [5.74, 6) is 0. The first kappa shape index (κ1) is 24.2. The van der Waals surface area contributed by atoms with Gasteiger partial charge in [-0.3, -0.25) is 0 Å². The maximum absolute atomic E-state index is 13.3. The lowest BCUT2D eigenvalue weighted by molar-refractivity contribution is 0.0540. The highest BCUT2D eigenvalue weighted by atomic mass is 16.6. The molecule has 166 valence electrons. The number of nitrogens with zero attached hydrogens (tertiary/aromatic N) is 1. The molecule has 0 amide bonds. The third-order valence-electron chi connectivity index (χ3n) is 5.05. The van der Waals surface area contributed by atoms with Crippen LogP contribution in [0.4, 0.5) is 4.79 Å². The molecule has 0 unspecified atom stereocenters. The first-order valence-corrected chi connectivity index (χ1v) is 11.2. The largest absolute Gasteiger partial charge is 0.443 e. The van der Waals surface area contributed by atoms with Crippen LogP contribution in [0, 0.1) is 5.41 Å². The standard InChI is InChI=1S/C27H41NO2/c1-11-13-22-20(14-12-17-25(2,3)4)21-16-15-19(26(5,6)7)18-23(21)28(22)24(29)30-27(8,9)10/h12,14-16,18H,11,13,17H2,1-10H3/b14-12-.